The van der Waals surface area contributed by atoms with Gasteiger partial charge in [-0.25, -0.2) is 8.97 Å². The van der Waals surface area contributed by atoms with Gasteiger partial charge in [0.2, 0.25) is 5.78 Å². The molecule has 0 amide bonds. The Morgan fingerprint density at radius 3 is 2.70 bits per heavy atom. The van der Waals surface area contributed by atoms with E-state index in [0.29, 0.717) is 5.78 Å². The second-order valence-corrected chi connectivity index (χ2v) is 9.70. The molecule has 0 unspecified atom stereocenters. The van der Waals surface area contributed by atoms with Gasteiger partial charge in [-0.2, -0.15) is 0 Å². The van der Waals surface area contributed by atoms with Crippen molar-refractivity contribution < 1.29 is 4.74 Å². The molecule has 1 aliphatic rings. The Morgan fingerprint density at radius 2 is 1.93 bits per heavy atom. The van der Waals surface area contributed by atoms with E-state index in [1.54, 1.807) is 34.8 Å². The fourth-order valence-electron chi connectivity index (χ4n) is 4.14. The minimum absolute atomic E-state index is 0.00140. The number of nitrogens with zero attached hydrogens (tertiary/aromatic N) is 4. The smallest absolute Gasteiger partial charge is 0.268 e. The monoisotopic (exact) mass is 440 g/mol. The molecule has 0 bridgehead atoms. The SMILES string of the molecule is CCCSc1nnc2n(-c3ccc(OC)cc3)c(=O)c3c4c(sc3n12)CCCCC4. The van der Waals surface area contributed by atoms with E-state index in [9.17, 15) is 4.79 Å². The van der Waals surface area contributed by atoms with E-state index in [0.717, 1.165) is 58.2 Å². The lowest BCUT2D eigenvalue weighted by Gasteiger charge is -2.11. The third-order valence-electron chi connectivity index (χ3n) is 5.60. The molecule has 1 aromatic carbocycles. The second-order valence-electron chi connectivity index (χ2n) is 7.55. The first kappa shape index (κ1) is 19.6. The number of ether oxygens (including phenoxy) is 1. The minimum Gasteiger partial charge on any atom is -0.497 e. The van der Waals surface area contributed by atoms with Crippen LogP contribution in [0.5, 0.6) is 5.75 Å². The average molecular weight is 441 g/mol. The van der Waals surface area contributed by atoms with E-state index in [1.807, 2.05) is 24.3 Å². The van der Waals surface area contributed by atoms with Gasteiger partial charge in [-0.05, 0) is 61.9 Å². The summed E-state index contributed by atoms with van der Waals surface area (Å²) in [5.41, 5.74) is 2.02. The first-order valence-corrected chi connectivity index (χ1v) is 12.2. The zero-order valence-corrected chi connectivity index (χ0v) is 18.8. The molecule has 156 valence electrons. The number of thioether (sulfide) groups is 1. The molecule has 0 saturated carbocycles. The second kappa shape index (κ2) is 8.07. The van der Waals surface area contributed by atoms with Crippen LogP contribution in [0.2, 0.25) is 0 Å². The summed E-state index contributed by atoms with van der Waals surface area (Å²) in [6.07, 6.45) is 6.63. The number of benzene rings is 1. The van der Waals surface area contributed by atoms with Gasteiger partial charge in [0.05, 0.1) is 18.2 Å². The lowest BCUT2D eigenvalue weighted by molar-refractivity contribution is 0.414. The van der Waals surface area contributed by atoms with Crippen LogP contribution in [0, 0.1) is 0 Å². The van der Waals surface area contributed by atoms with Crippen LogP contribution in [0.15, 0.2) is 34.2 Å². The number of hydrogen-bond donors (Lipinski definition) is 0. The molecule has 0 aliphatic heterocycles. The third-order valence-corrected chi connectivity index (χ3v) is 8.02. The van der Waals surface area contributed by atoms with Crippen molar-refractivity contribution in [3.63, 3.8) is 0 Å². The highest BCUT2D eigenvalue weighted by molar-refractivity contribution is 7.99. The lowest BCUT2D eigenvalue weighted by atomic mass is 10.1. The predicted molar refractivity (Wildman–Crippen MR) is 123 cm³/mol. The summed E-state index contributed by atoms with van der Waals surface area (Å²) in [5.74, 6) is 2.30. The van der Waals surface area contributed by atoms with Gasteiger partial charge in [0.15, 0.2) is 5.16 Å². The maximum atomic E-state index is 13.8. The highest BCUT2D eigenvalue weighted by Crippen LogP contribution is 2.36. The number of aryl methyl sites for hydroxylation is 2. The Hall–Kier alpha value is -2.32. The Kier molecular flexibility index (Phi) is 5.28. The third kappa shape index (κ3) is 3.13. The molecule has 1 aliphatic carbocycles. The summed E-state index contributed by atoms with van der Waals surface area (Å²) >= 11 is 3.45. The van der Waals surface area contributed by atoms with Crippen molar-refractivity contribution >= 4 is 39.1 Å². The standard InChI is InChI=1S/C22H24N4O2S2/c1-3-13-29-22-24-23-21-25(14-9-11-15(28-2)12-10-14)19(27)18-16-7-5-4-6-8-17(16)30-20(18)26(21)22/h9-12H,3-8,13H2,1-2H3. The fourth-order valence-corrected chi connectivity index (χ4v) is 6.37. The Morgan fingerprint density at radius 1 is 1.13 bits per heavy atom. The summed E-state index contributed by atoms with van der Waals surface area (Å²) in [6, 6.07) is 7.56. The first-order chi connectivity index (χ1) is 14.7. The van der Waals surface area contributed by atoms with Crippen molar-refractivity contribution in [1.82, 2.24) is 19.2 Å². The lowest BCUT2D eigenvalue weighted by Crippen LogP contribution is -2.22. The van der Waals surface area contributed by atoms with Gasteiger partial charge in [0, 0.05) is 10.6 Å². The predicted octanol–water partition coefficient (Wildman–Crippen LogP) is 4.87. The number of fused-ring (bicyclic) bond motifs is 5. The van der Waals surface area contributed by atoms with Crippen LogP contribution in [0.1, 0.15) is 43.0 Å². The van der Waals surface area contributed by atoms with Gasteiger partial charge in [0.25, 0.3) is 5.56 Å². The number of aromatic nitrogens is 4. The Labute approximate surface area is 182 Å². The summed E-state index contributed by atoms with van der Waals surface area (Å²) < 4.78 is 9.10. The zero-order chi connectivity index (χ0) is 20.7. The molecule has 6 nitrogen and oxygen atoms in total. The van der Waals surface area contributed by atoms with Crippen molar-refractivity contribution in [2.45, 2.75) is 50.6 Å². The van der Waals surface area contributed by atoms with Crippen LogP contribution in [0.3, 0.4) is 0 Å². The maximum Gasteiger partial charge on any atom is 0.268 e. The summed E-state index contributed by atoms with van der Waals surface area (Å²) in [7, 11) is 1.64. The van der Waals surface area contributed by atoms with E-state index >= 15 is 0 Å². The molecule has 0 saturated heterocycles. The maximum absolute atomic E-state index is 13.8. The minimum atomic E-state index is 0.00140. The van der Waals surface area contributed by atoms with Gasteiger partial charge in [-0.15, -0.1) is 21.5 Å². The Balaban J connectivity index is 1.85. The van der Waals surface area contributed by atoms with Crippen molar-refractivity contribution in [3.05, 3.63) is 45.1 Å². The molecular weight excluding hydrogens is 416 g/mol. The molecule has 4 aromatic rings. The first-order valence-electron chi connectivity index (χ1n) is 10.4. The van der Waals surface area contributed by atoms with Gasteiger partial charge < -0.3 is 4.74 Å². The number of hydrogen-bond acceptors (Lipinski definition) is 6. The van der Waals surface area contributed by atoms with Crippen molar-refractivity contribution in [3.8, 4) is 11.4 Å². The normalized spacial score (nSPS) is 14.2. The van der Waals surface area contributed by atoms with E-state index in [2.05, 4.69) is 21.5 Å². The van der Waals surface area contributed by atoms with Gasteiger partial charge in [0.1, 0.15) is 10.6 Å². The van der Waals surface area contributed by atoms with Gasteiger partial charge in [-0.1, -0.05) is 25.1 Å². The average Bonchev–Trinajstić information content (AvgIpc) is 3.26. The molecular formula is C22H24N4O2S2. The van der Waals surface area contributed by atoms with Crippen LogP contribution in [-0.4, -0.2) is 32.0 Å². The van der Waals surface area contributed by atoms with Crippen molar-refractivity contribution in [2.24, 2.45) is 0 Å². The molecule has 3 aromatic heterocycles. The molecule has 30 heavy (non-hydrogen) atoms. The van der Waals surface area contributed by atoms with Crippen molar-refractivity contribution in [1.29, 1.82) is 0 Å². The van der Waals surface area contributed by atoms with Crippen LogP contribution >= 0.6 is 23.1 Å². The van der Waals surface area contributed by atoms with E-state index in [1.165, 1.54) is 23.3 Å². The molecule has 0 spiro atoms. The highest BCUT2D eigenvalue weighted by Gasteiger charge is 2.25. The highest BCUT2D eigenvalue weighted by atomic mass is 32.2. The van der Waals surface area contributed by atoms with Crippen LogP contribution in [-0.2, 0) is 12.8 Å². The van der Waals surface area contributed by atoms with Gasteiger partial charge >= 0.3 is 0 Å². The fraction of sp³-hybridized carbons (Fsp3) is 0.409. The van der Waals surface area contributed by atoms with Gasteiger partial charge in [-0.3, -0.25) is 4.79 Å². The molecule has 5 rings (SSSR count). The Bertz CT molecular complexity index is 1270. The largest absolute Gasteiger partial charge is 0.497 e. The zero-order valence-electron chi connectivity index (χ0n) is 17.2. The molecule has 0 radical (unpaired) electrons. The summed E-state index contributed by atoms with van der Waals surface area (Å²) in [4.78, 5) is 16.2. The summed E-state index contributed by atoms with van der Waals surface area (Å²) in [6.45, 7) is 2.16. The number of rotatable bonds is 5. The molecule has 0 N–H and O–H groups in total. The molecule has 0 fully saturated rings. The van der Waals surface area contributed by atoms with Crippen LogP contribution in [0.25, 0.3) is 21.7 Å². The van der Waals surface area contributed by atoms with E-state index < -0.39 is 0 Å². The molecule has 8 heteroatoms. The van der Waals surface area contributed by atoms with Crippen molar-refractivity contribution in [2.75, 3.05) is 12.9 Å². The number of methoxy groups -OCH3 is 1. The van der Waals surface area contributed by atoms with Crippen LogP contribution < -0.4 is 10.3 Å². The van der Waals surface area contributed by atoms with Crippen LogP contribution in [0.4, 0.5) is 0 Å². The molecule has 0 atom stereocenters. The topological polar surface area (TPSA) is 61.4 Å². The van der Waals surface area contributed by atoms with E-state index in [4.69, 9.17) is 4.74 Å². The molecule has 3 heterocycles. The summed E-state index contributed by atoms with van der Waals surface area (Å²) in [5, 5.41) is 10.6. The number of thiophene rings is 1. The quantitative estimate of drug-likeness (QED) is 0.327. The van der Waals surface area contributed by atoms with E-state index in [-0.39, 0.29) is 5.56 Å².